The Bertz CT molecular complexity index is 1480. The summed E-state index contributed by atoms with van der Waals surface area (Å²) in [6.07, 6.45) is 1.24. The zero-order valence-corrected chi connectivity index (χ0v) is 24.9. The van der Waals surface area contributed by atoms with Gasteiger partial charge in [0.2, 0.25) is 0 Å². The number of amides is 2. The van der Waals surface area contributed by atoms with Crippen LogP contribution in [-0.2, 0) is 29.5 Å². The predicted molar refractivity (Wildman–Crippen MR) is 160 cm³/mol. The van der Waals surface area contributed by atoms with E-state index in [0.717, 1.165) is 20.0 Å². The summed E-state index contributed by atoms with van der Waals surface area (Å²) >= 11 is 0. The van der Waals surface area contributed by atoms with Crippen molar-refractivity contribution < 1.29 is 43.6 Å². The molecule has 0 saturated carbocycles. The maximum atomic E-state index is 14.5. The van der Waals surface area contributed by atoms with Crippen LogP contribution < -0.4 is 14.4 Å². The monoisotopic (exact) mass is 607 g/mol. The molecule has 1 atom stereocenters. The van der Waals surface area contributed by atoms with Gasteiger partial charge in [-0.15, -0.1) is 0 Å². The minimum Gasteiger partial charge on any atom is -0.507 e. The van der Waals surface area contributed by atoms with E-state index in [1.54, 1.807) is 35.2 Å². The minimum atomic E-state index is -1.76. The molecule has 4 heterocycles. The largest absolute Gasteiger partial charge is 0.507 e. The lowest BCUT2D eigenvalue weighted by Crippen LogP contribution is -2.52. The van der Waals surface area contributed by atoms with Gasteiger partial charge < -0.3 is 34.2 Å². The highest BCUT2D eigenvalue weighted by Gasteiger charge is 2.66. The second-order valence-corrected chi connectivity index (χ2v) is 10.9. The number of fused-ring (bicyclic) bond motifs is 3. The fourth-order valence-electron chi connectivity index (χ4n) is 6.22. The molecule has 12 heteroatoms. The summed E-state index contributed by atoms with van der Waals surface area (Å²) in [6, 6.07) is 12.1. The molecular weight excluding hydrogens is 570 g/mol. The average molecular weight is 608 g/mol. The molecule has 12 nitrogen and oxygen atoms in total. The summed E-state index contributed by atoms with van der Waals surface area (Å²) in [7, 11) is 0. The van der Waals surface area contributed by atoms with Crippen LogP contribution >= 0.6 is 0 Å². The lowest BCUT2D eigenvalue weighted by Gasteiger charge is -2.35. The van der Waals surface area contributed by atoms with Crippen LogP contribution in [0.1, 0.15) is 37.8 Å². The van der Waals surface area contributed by atoms with Gasteiger partial charge in [0, 0.05) is 50.8 Å². The van der Waals surface area contributed by atoms with Gasteiger partial charge in [-0.1, -0.05) is 25.1 Å². The van der Waals surface area contributed by atoms with Crippen molar-refractivity contribution in [2.24, 2.45) is 0 Å². The molecular formula is C32H37N3O9. The highest BCUT2D eigenvalue weighted by molar-refractivity contribution is 6.50. The number of aliphatic hydroxyl groups is 1. The molecule has 2 N–H and O–H groups in total. The fraction of sp³-hybridized carbons (Fsp3) is 0.438. The Morgan fingerprint density at radius 2 is 1.59 bits per heavy atom. The van der Waals surface area contributed by atoms with E-state index >= 15 is 0 Å². The number of Topliss-reactive ketones (excluding diaryl/α,β-unsaturated/α-hetero) is 1. The maximum absolute atomic E-state index is 14.5. The highest BCUT2D eigenvalue weighted by Crippen LogP contribution is 2.54. The van der Waals surface area contributed by atoms with E-state index in [9.17, 15) is 19.5 Å². The normalized spacial score (nSPS) is 22.2. The van der Waals surface area contributed by atoms with E-state index in [4.69, 9.17) is 24.1 Å². The third kappa shape index (κ3) is 5.50. The van der Waals surface area contributed by atoms with Crippen molar-refractivity contribution in [1.82, 2.24) is 9.80 Å². The van der Waals surface area contributed by atoms with Crippen LogP contribution in [0.4, 0.5) is 5.69 Å². The van der Waals surface area contributed by atoms with Crippen molar-refractivity contribution in [1.29, 1.82) is 0 Å². The average Bonchev–Trinajstić information content (AvgIpc) is 3.40. The Morgan fingerprint density at radius 3 is 2.30 bits per heavy atom. The zero-order chi connectivity index (χ0) is 31.4. The third-order valence-corrected chi connectivity index (χ3v) is 8.03. The number of para-hydroxylation sites is 1. The van der Waals surface area contributed by atoms with Crippen LogP contribution in [0, 0.1) is 0 Å². The van der Waals surface area contributed by atoms with Gasteiger partial charge in [-0.05, 0) is 37.1 Å². The molecule has 2 saturated heterocycles. The molecule has 4 aliphatic rings. The zero-order valence-electron chi connectivity index (χ0n) is 24.9. The number of morpholine rings is 1. The highest BCUT2D eigenvalue weighted by atomic mass is 16.6. The second kappa shape index (κ2) is 13.1. The number of carboxylic acids is 1. The first-order valence-corrected chi connectivity index (χ1v) is 14.8. The number of hydrogen-bond acceptors (Lipinski definition) is 9. The van der Waals surface area contributed by atoms with Gasteiger partial charge in [0.25, 0.3) is 23.6 Å². The second-order valence-electron chi connectivity index (χ2n) is 10.9. The van der Waals surface area contributed by atoms with Crippen molar-refractivity contribution in [2.45, 2.75) is 32.2 Å². The lowest BCUT2D eigenvalue weighted by atomic mass is 9.81. The van der Waals surface area contributed by atoms with Gasteiger partial charge in [-0.3, -0.25) is 24.1 Å². The van der Waals surface area contributed by atoms with Crippen LogP contribution in [-0.4, -0.2) is 103 Å². The van der Waals surface area contributed by atoms with Gasteiger partial charge in [0.05, 0.1) is 24.5 Å². The number of carbonyl (C=O) groups is 4. The molecule has 2 fully saturated rings. The first-order valence-electron chi connectivity index (χ1n) is 14.8. The number of aliphatic hydroxyl groups excluding tert-OH is 1. The van der Waals surface area contributed by atoms with Crippen LogP contribution in [0.15, 0.2) is 48.0 Å². The van der Waals surface area contributed by atoms with Crippen molar-refractivity contribution >= 4 is 35.0 Å². The number of carbonyl (C=O) groups excluding carboxylic acids is 3. The van der Waals surface area contributed by atoms with Crippen LogP contribution in [0.2, 0.25) is 0 Å². The SMILES string of the molecule is CC(=O)O.CCCN1C(=O)C2(C(=C(O)c3ccc4c(c3)OCCO4)C(=O)C(=O)N2CCCN2CCOCC2)c2ccccc21. The number of carboxylic acid groups (broad SMARTS) is 1. The summed E-state index contributed by atoms with van der Waals surface area (Å²) in [5, 5.41) is 19.1. The third-order valence-electron chi connectivity index (χ3n) is 8.03. The molecule has 44 heavy (non-hydrogen) atoms. The predicted octanol–water partition coefficient (Wildman–Crippen LogP) is 2.60. The number of rotatable bonds is 7. The molecule has 2 aromatic carbocycles. The lowest BCUT2D eigenvalue weighted by molar-refractivity contribution is -0.143. The molecule has 4 aliphatic heterocycles. The van der Waals surface area contributed by atoms with Crippen LogP contribution in [0.5, 0.6) is 11.5 Å². The van der Waals surface area contributed by atoms with Gasteiger partial charge in [0.15, 0.2) is 17.0 Å². The number of ether oxygens (including phenoxy) is 3. The Balaban J connectivity index is 0.000000906. The molecule has 1 spiro atoms. The molecule has 2 amide bonds. The van der Waals surface area contributed by atoms with Crippen LogP contribution in [0.3, 0.4) is 0 Å². The number of likely N-dealkylation sites (tertiary alicyclic amines) is 1. The van der Waals surface area contributed by atoms with Gasteiger partial charge in [-0.25, -0.2) is 0 Å². The standard InChI is InChI=1S/C30H33N3O7.C2H4O2/c1-2-10-32-22-7-4-3-6-21(22)30(29(32)37)25(26(34)20-8-9-23-24(19-20)40-18-17-39-23)27(35)28(36)33(30)12-5-11-31-13-15-38-16-14-31;1-2(3)4/h3-4,6-9,19,34H,2,5,10-18H2,1H3;1H3,(H,3,4). The van der Waals surface area contributed by atoms with E-state index in [1.807, 2.05) is 19.1 Å². The number of hydrogen-bond donors (Lipinski definition) is 2. The summed E-state index contributed by atoms with van der Waals surface area (Å²) in [5.74, 6) is -2.36. The van der Waals surface area contributed by atoms with Crippen molar-refractivity contribution in [3.05, 3.63) is 59.2 Å². The number of aliphatic carboxylic acids is 1. The van der Waals surface area contributed by atoms with Gasteiger partial charge in [-0.2, -0.15) is 0 Å². The molecule has 0 aromatic heterocycles. The number of nitrogens with zero attached hydrogens (tertiary/aromatic N) is 3. The molecule has 0 bridgehead atoms. The minimum absolute atomic E-state index is 0.180. The van der Waals surface area contributed by atoms with E-state index < -0.39 is 34.9 Å². The maximum Gasteiger partial charge on any atom is 0.300 e. The topological polar surface area (TPSA) is 146 Å². The Morgan fingerprint density at radius 1 is 0.909 bits per heavy atom. The van der Waals surface area contributed by atoms with Gasteiger partial charge in [0.1, 0.15) is 19.0 Å². The van der Waals surface area contributed by atoms with E-state index in [1.165, 1.54) is 4.90 Å². The quantitative estimate of drug-likeness (QED) is 0.274. The molecule has 1 unspecified atom stereocenters. The number of ketones is 1. The number of anilines is 1. The molecule has 2 aromatic rings. The summed E-state index contributed by atoms with van der Waals surface area (Å²) < 4.78 is 16.7. The van der Waals surface area contributed by atoms with Crippen molar-refractivity contribution in [3.63, 3.8) is 0 Å². The van der Waals surface area contributed by atoms with Crippen molar-refractivity contribution in [3.8, 4) is 11.5 Å². The Kier molecular flexibility index (Phi) is 9.21. The van der Waals surface area contributed by atoms with Crippen LogP contribution in [0.25, 0.3) is 5.76 Å². The Hall–Kier alpha value is -4.42. The van der Waals surface area contributed by atoms with E-state index in [2.05, 4.69) is 4.90 Å². The first kappa shape index (κ1) is 31.0. The summed E-state index contributed by atoms with van der Waals surface area (Å²) in [5.41, 5.74) is -0.533. The van der Waals surface area contributed by atoms with Gasteiger partial charge >= 0.3 is 0 Å². The van der Waals surface area contributed by atoms with E-state index in [-0.39, 0.29) is 17.7 Å². The van der Waals surface area contributed by atoms with Crippen molar-refractivity contribution in [2.75, 3.05) is 64.1 Å². The number of benzene rings is 2. The molecule has 6 rings (SSSR count). The fourth-order valence-corrected chi connectivity index (χ4v) is 6.22. The molecule has 0 radical (unpaired) electrons. The molecule has 0 aliphatic carbocycles. The summed E-state index contributed by atoms with van der Waals surface area (Å²) in [4.78, 5) is 56.3. The Labute approximate surface area is 255 Å². The molecule has 234 valence electrons. The smallest absolute Gasteiger partial charge is 0.300 e. The first-order chi connectivity index (χ1) is 21.2. The summed E-state index contributed by atoms with van der Waals surface area (Å²) in [6.45, 7) is 7.99. The van der Waals surface area contributed by atoms with E-state index in [0.29, 0.717) is 75.1 Å².